The van der Waals surface area contributed by atoms with Crippen molar-refractivity contribution in [3.05, 3.63) is 29.3 Å². The second-order valence-corrected chi connectivity index (χ2v) is 4.04. The lowest BCUT2D eigenvalue weighted by Gasteiger charge is -2.26. The maximum Gasteiger partial charge on any atom is 0.0637 e. The summed E-state index contributed by atoms with van der Waals surface area (Å²) in [6, 6.07) is 6.20. The Balaban J connectivity index is 2.93. The molecule has 1 rings (SSSR count). The summed E-state index contributed by atoms with van der Waals surface area (Å²) < 4.78 is 5.09. The molecule has 0 fully saturated rings. The number of aliphatic hydroxyl groups excluding tert-OH is 1. The van der Waals surface area contributed by atoms with Crippen LogP contribution in [0.3, 0.4) is 0 Å². The van der Waals surface area contributed by atoms with Crippen molar-refractivity contribution in [2.75, 3.05) is 38.3 Å². The summed E-state index contributed by atoms with van der Waals surface area (Å²) in [5.41, 5.74) is 9.13. The molecule has 0 saturated heterocycles. The molecule has 4 heteroatoms. The zero-order valence-corrected chi connectivity index (χ0v) is 10.6. The van der Waals surface area contributed by atoms with E-state index in [4.69, 9.17) is 15.6 Å². The molecule has 0 unspecified atom stereocenters. The highest BCUT2D eigenvalue weighted by atomic mass is 16.5. The summed E-state index contributed by atoms with van der Waals surface area (Å²) in [4.78, 5) is 2.11. The van der Waals surface area contributed by atoms with Crippen molar-refractivity contribution in [3.63, 3.8) is 0 Å². The Kier molecular flexibility index (Phi) is 5.97. The lowest BCUT2D eigenvalue weighted by Crippen LogP contribution is -2.31. The summed E-state index contributed by atoms with van der Waals surface area (Å²) in [6.07, 6.45) is 0. The van der Waals surface area contributed by atoms with E-state index in [9.17, 15) is 0 Å². The molecule has 0 aliphatic rings. The van der Waals surface area contributed by atoms with E-state index in [0.717, 1.165) is 17.8 Å². The van der Waals surface area contributed by atoms with Crippen LogP contribution in [0.4, 0.5) is 5.69 Å². The first-order chi connectivity index (χ1) is 8.22. The van der Waals surface area contributed by atoms with Gasteiger partial charge in [-0.25, -0.2) is 0 Å². The lowest BCUT2D eigenvalue weighted by molar-refractivity contribution is 0.203. The van der Waals surface area contributed by atoms with Crippen LogP contribution in [-0.2, 0) is 11.3 Å². The fraction of sp³-hybridized carbons (Fsp3) is 0.538. The number of anilines is 1. The number of hydrogen-bond acceptors (Lipinski definition) is 4. The highest BCUT2D eigenvalue weighted by Gasteiger charge is 2.10. The Morgan fingerprint density at radius 1 is 1.35 bits per heavy atom. The molecule has 1 aromatic rings. The number of rotatable bonds is 7. The summed E-state index contributed by atoms with van der Waals surface area (Å²) in [7, 11) is 1.68. The van der Waals surface area contributed by atoms with Gasteiger partial charge in [0.2, 0.25) is 0 Å². The molecule has 0 aromatic heterocycles. The number of aliphatic hydroxyl groups is 1. The largest absolute Gasteiger partial charge is 0.395 e. The van der Waals surface area contributed by atoms with Crippen LogP contribution in [0.1, 0.15) is 11.1 Å². The van der Waals surface area contributed by atoms with E-state index in [1.165, 1.54) is 5.56 Å². The van der Waals surface area contributed by atoms with Crippen LogP contribution in [0, 0.1) is 6.92 Å². The molecule has 1 aromatic carbocycles. The third kappa shape index (κ3) is 4.00. The molecule has 0 aliphatic carbocycles. The minimum absolute atomic E-state index is 0.127. The van der Waals surface area contributed by atoms with E-state index in [-0.39, 0.29) is 6.61 Å². The molecule has 4 nitrogen and oxygen atoms in total. The Morgan fingerprint density at radius 2 is 2.12 bits per heavy atom. The minimum Gasteiger partial charge on any atom is -0.395 e. The fourth-order valence-corrected chi connectivity index (χ4v) is 1.82. The van der Waals surface area contributed by atoms with Gasteiger partial charge >= 0.3 is 0 Å². The molecule has 0 heterocycles. The third-order valence-electron chi connectivity index (χ3n) is 2.74. The summed E-state index contributed by atoms with van der Waals surface area (Å²) in [5.74, 6) is 0. The van der Waals surface area contributed by atoms with Crippen LogP contribution in [0.15, 0.2) is 18.2 Å². The fourth-order valence-electron chi connectivity index (χ4n) is 1.82. The Hall–Kier alpha value is -1.10. The summed E-state index contributed by atoms with van der Waals surface area (Å²) >= 11 is 0. The first-order valence-corrected chi connectivity index (χ1v) is 5.87. The molecule has 0 saturated carbocycles. The van der Waals surface area contributed by atoms with Crippen LogP contribution in [0.25, 0.3) is 0 Å². The normalized spacial score (nSPS) is 10.6. The van der Waals surface area contributed by atoms with Crippen molar-refractivity contribution in [1.82, 2.24) is 0 Å². The van der Waals surface area contributed by atoms with Gasteiger partial charge in [0.1, 0.15) is 0 Å². The van der Waals surface area contributed by atoms with Gasteiger partial charge in [-0.3, -0.25) is 0 Å². The van der Waals surface area contributed by atoms with Crippen molar-refractivity contribution >= 4 is 5.69 Å². The number of benzene rings is 1. The number of methoxy groups -OCH3 is 1. The number of ether oxygens (including phenoxy) is 1. The maximum atomic E-state index is 9.12. The van der Waals surface area contributed by atoms with E-state index < -0.39 is 0 Å². The first-order valence-electron chi connectivity index (χ1n) is 5.87. The quantitative estimate of drug-likeness (QED) is 0.741. The predicted molar refractivity (Wildman–Crippen MR) is 70.2 cm³/mol. The third-order valence-corrected chi connectivity index (χ3v) is 2.74. The molecule has 17 heavy (non-hydrogen) atoms. The first kappa shape index (κ1) is 14.0. The van der Waals surface area contributed by atoms with E-state index >= 15 is 0 Å². The summed E-state index contributed by atoms with van der Waals surface area (Å²) in [6.45, 7) is 4.68. The molecule has 0 aliphatic heterocycles. The zero-order chi connectivity index (χ0) is 12.7. The summed E-state index contributed by atoms with van der Waals surface area (Å²) in [5, 5.41) is 9.12. The van der Waals surface area contributed by atoms with Gasteiger partial charge in [0.05, 0.1) is 13.2 Å². The molecule has 0 radical (unpaired) electrons. The SMILES string of the molecule is COCCN(CCO)c1cc(C)ccc1CN. The van der Waals surface area contributed by atoms with Crippen molar-refractivity contribution in [2.24, 2.45) is 5.73 Å². The molecule has 0 amide bonds. The standard InChI is InChI=1S/C13H22N2O2/c1-11-3-4-12(10-14)13(9-11)15(5-7-16)6-8-17-2/h3-4,9,16H,5-8,10,14H2,1-2H3. The van der Waals surface area contributed by atoms with E-state index in [2.05, 4.69) is 24.0 Å². The minimum atomic E-state index is 0.127. The van der Waals surface area contributed by atoms with Crippen LogP contribution in [0.5, 0.6) is 0 Å². The van der Waals surface area contributed by atoms with Gasteiger partial charge in [-0.05, 0) is 24.1 Å². The monoisotopic (exact) mass is 238 g/mol. The number of nitrogens with two attached hydrogens (primary N) is 1. The van der Waals surface area contributed by atoms with E-state index in [1.807, 2.05) is 6.07 Å². The second kappa shape index (κ2) is 7.27. The molecule has 0 bridgehead atoms. The van der Waals surface area contributed by atoms with Crippen molar-refractivity contribution in [2.45, 2.75) is 13.5 Å². The van der Waals surface area contributed by atoms with Gasteiger partial charge in [0, 0.05) is 32.4 Å². The molecular weight excluding hydrogens is 216 g/mol. The average Bonchev–Trinajstić information content (AvgIpc) is 2.34. The topological polar surface area (TPSA) is 58.7 Å². The van der Waals surface area contributed by atoms with Crippen LogP contribution in [0.2, 0.25) is 0 Å². The van der Waals surface area contributed by atoms with Crippen molar-refractivity contribution in [3.8, 4) is 0 Å². The highest BCUT2D eigenvalue weighted by Crippen LogP contribution is 2.21. The van der Waals surface area contributed by atoms with Crippen LogP contribution < -0.4 is 10.6 Å². The number of hydrogen-bond donors (Lipinski definition) is 2. The zero-order valence-electron chi connectivity index (χ0n) is 10.6. The smallest absolute Gasteiger partial charge is 0.0637 e. The average molecular weight is 238 g/mol. The molecule has 96 valence electrons. The van der Waals surface area contributed by atoms with Crippen LogP contribution in [-0.4, -0.2) is 38.5 Å². The molecule has 0 atom stereocenters. The molecular formula is C13H22N2O2. The lowest BCUT2D eigenvalue weighted by atomic mass is 10.1. The number of nitrogens with zero attached hydrogens (tertiary/aromatic N) is 1. The van der Waals surface area contributed by atoms with Crippen molar-refractivity contribution in [1.29, 1.82) is 0 Å². The van der Waals surface area contributed by atoms with Crippen LogP contribution >= 0.6 is 0 Å². The Morgan fingerprint density at radius 3 is 2.71 bits per heavy atom. The molecule has 0 spiro atoms. The van der Waals surface area contributed by atoms with Gasteiger partial charge in [-0.15, -0.1) is 0 Å². The van der Waals surface area contributed by atoms with Gasteiger partial charge in [-0.2, -0.15) is 0 Å². The van der Waals surface area contributed by atoms with Gasteiger partial charge < -0.3 is 20.5 Å². The van der Waals surface area contributed by atoms with Gasteiger partial charge in [0.15, 0.2) is 0 Å². The maximum absolute atomic E-state index is 9.12. The highest BCUT2D eigenvalue weighted by molar-refractivity contribution is 5.55. The van der Waals surface area contributed by atoms with E-state index in [0.29, 0.717) is 19.7 Å². The predicted octanol–water partition coefficient (Wildman–Crippen LogP) is 0.899. The second-order valence-electron chi connectivity index (χ2n) is 4.04. The van der Waals surface area contributed by atoms with E-state index in [1.54, 1.807) is 7.11 Å². The molecule has 3 N–H and O–H groups in total. The Labute approximate surface area is 103 Å². The van der Waals surface area contributed by atoms with Crippen molar-refractivity contribution < 1.29 is 9.84 Å². The number of aryl methyl sites for hydroxylation is 1. The van der Waals surface area contributed by atoms with Gasteiger partial charge in [0.25, 0.3) is 0 Å². The van der Waals surface area contributed by atoms with Gasteiger partial charge in [-0.1, -0.05) is 12.1 Å². The Bertz CT molecular complexity index is 342.